The Hall–Kier alpha value is -3.83. The maximum atomic E-state index is 13.9. The van der Waals surface area contributed by atoms with Crippen LogP contribution in [0.25, 0.3) is 0 Å². The number of halogens is 1. The summed E-state index contributed by atoms with van der Waals surface area (Å²) in [5, 5.41) is 5.94. The normalized spacial score (nSPS) is 17.1. The Bertz CT molecular complexity index is 1490. The molecule has 3 atom stereocenters. The highest BCUT2D eigenvalue weighted by atomic mass is 32.2. The molecule has 0 aliphatic heterocycles. The highest BCUT2D eigenvalue weighted by Crippen LogP contribution is 2.36. The first-order valence-electron chi connectivity index (χ1n) is 14.1. The average Bonchev–Trinajstić information content (AvgIpc) is 2.97. The Kier molecular flexibility index (Phi) is 10.6. The molecule has 1 heterocycles. The summed E-state index contributed by atoms with van der Waals surface area (Å²) in [4.78, 5) is 29.3. The van der Waals surface area contributed by atoms with Crippen LogP contribution in [-0.4, -0.2) is 51.0 Å². The van der Waals surface area contributed by atoms with Gasteiger partial charge in [-0.2, -0.15) is 0 Å². The first kappa shape index (κ1) is 31.1. The summed E-state index contributed by atoms with van der Waals surface area (Å²) in [6.45, 7) is 1.43. The van der Waals surface area contributed by atoms with Gasteiger partial charge in [0.1, 0.15) is 22.5 Å². The number of aryl methyl sites for hydroxylation is 1. The lowest BCUT2D eigenvalue weighted by atomic mass is 9.76. The molecule has 11 heteroatoms. The summed E-state index contributed by atoms with van der Waals surface area (Å²) in [5.74, 6) is -0.644. The number of hydrogen-bond acceptors (Lipinski definition) is 6. The van der Waals surface area contributed by atoms with Crippen molar-refractivity contribution >= 4 is 21.8 Å². The molecule has 1 aromatic heterocycles. The second-order valence-electron chi connectivity index (χ2n) is 10.5. The first-order chi connectivity index (χ1) is 20.2. The van der Waals surface area contributed by atoms with Gasteiger partial charge in [-0.25, -0.2) is 17.5 Å². The zero-order chi connectivity index (χ0) is 30.1. The molecule has 1 aliphatic rings. The van der Waals surface area contributed by atoms with E-state index in [9.17, 15) is 22.4 Å². The molecular formula is C31H37FN4O5S. The lowest BCUT2D eigenvalue weighted by Crippen LogP contribution is -2.51. The number of carbonyl (C=O) groups excluding carboxylic acids is 2. The van der Waals surface area contributed by atoms with Gasteiger partial charge in [-0.3, -0.25) is 14.6 Å². The summed E-state index contributed by atoms with van der Waals surface area (Å²) in [7, 11) is -2.35. The lowest BCUT2D eigenvalue weighted by Gasteiger charge is -2.35. The highest BCUT2D eigenvalue weighted by Gasteiger charge is 2.33. The van der Waals surface area contributed by atoms with Crippen LogP contribution in [0.2, 0.25) is 0 Å². The van der Waals surface area contributed by atoms with Crippen LogP contribution in [0.5, 0.6) is 5.75 Å². The van der Waals surface area contributed by atoms with Gasteiger partial charge in [0.05, 0.1) is 7.11 Å². The third-order valence-corrected chi connectivity index (χ3v) is 8.99. The quantitative estimate of drug-likeness (QED) is 0.259. The SMILES string of the molecule is COc1ccc2c(c1)CCC(NC(=O)[C@H](CCCCNS(=O)(=O)c1ccccc1F)NC(C)=O)C2Cc1cccnc1. The number of rotatable bonds is 13. The molecule has 3 N–H and O–H groups in total. The predicted molar refractivity (Wildman–Crippen MR) is 157 cm³/mol. The van der Waals surface area contributed by atoms with Crippen molar-refractivity contribution in [3.63, 3.8) is 0 Å². The molecule has 0 saturated heterocycles. The van der Waals surface area contributed by atoms with Crippen molar-refractivity contribution in [3.8, 4) is 5.75 Å². The van der Waals surface area contributed by atoms with E-state index in [2.05, 4.69) is 26.4 Å². The van der Waals surface area contributed by atoms with Crippen LogP contribution in [-0.2, 0) is 32.5 Å². The zero-order valence-electron chi connectivity index (χ0n) is 23.8. The van der Waals surface area contributed by atoms with Gasteiger partial charge >= 0.3 is 0 Å². The van der Waals surface area contributed by atoms with Crippen molar-refractivity contribution in [2.45, 2.75) is 68.3 Å². The fraction of sp³-hybridized carbons (Fsp3) is 0.387. The number of fused-ring (bicyclic) bond motifs is 1. The van der Waals surface area contributed by atoms with Crippen molar-refractivity contribution in [1.29, 1.82) is 0 Å². The van der Waals surface area contributed by atoms with E-state index in [1.54, 1.807) is 13.3 Å². The van der Waals surface area contributed by atoms with Crippen molar-refractivity contribution in [1.82, 2.24) is 20.3 Å². The van der Waals surface area contributed by atoms with Crippen molar-refractivity contribution in [2.24, 2.45) is 0 Å². The summed E-state index contributed by atoms with van der Waals surface area (Å²) in [5.41, 5.74) is 3.39. The summed E-state index contributed by atoms with van der Waals surface area (Å²) in [6, 6.07) is 14.2. The summed E-state index contributed by atoms with van der Waals surface area (Å²) >= 11 is 0. The number of sulfonamides is 1. The maximum absolute atomic E-state index is 13.9. The molecule has 42 heavy (non-hydrogen) atoms. The van der Waals surface area contributed by atoms with Gasteiger partial charge in [-0.1, -0.05) is 24.3 Å². The predicted octanol–water partition coefficient (Wildman–Crippen LogP) is 3.64. The minimum Gasteiger partial charge on any atom is -0.497 e. The van der Waals surface area contributed by atoms with Crippen LogP contribution < -0.4 is 20.1 Å². The number of ether oxygens (including phenoxy) is 1. The molecule has 0 spiro atoms. The number of nitrogens with zero attached hydrogens (tertiary/aromatic N) is 1. The Morgan fingerprint density at radius 1 is 1.12 bits per heavy atom. The van der Waals surface area contributed by atoms with Crippen LogP contribution in [0.4, 0.5) is 4.39 Å². The van der Waals surface area contributed by atoms with Gasteiger partial charge in [0, 0.05) is 37.8 Å². The van der Waals surface area contributed by atoms with Crippen LogP contribution in [0.3, 0.4) is 0 Å². The standard InChI is InChI=1S/C31H37FN4O5S/c1-21(37)35-29(10-5-6-17-34-42(39,40)30-11-4-3-9-27(30)32)31(38)36-28-15-12-23-19-24(41-2)13-14-25(23)26(28)18-22-8-7-16-33-20-22/h3-4,7-9,11,13-14,16,19-20,26,28-29,34H,5-6,10,12,15,17-18H2,1-2H3,(H,35,37)(H,36,38)/t26?,28?,29-/m0/s1. The Morgan fingerprint density at radius 2 is 1.93 bits per heavy atom. The Morgan fingerprint density at radius 3 is 2.64 bits per heavy atom. The van der Waals surface area contributed by atoms with E-state index >= 15 is 0 Å². The third-order valence-electron chi connectivity index (χ3n) is 7.50. The van der Waals surface area contributed by atoms with E-state index < -0.39 is 26.8 Å². The lowest BCUT2D eigenvalue weighted by molar-refractivity contribution is -0.129. The molecule has 0 fully saturated rings. The summed E-state index contributed by atoms with van der Waals surface area (Å²) < 4.78 is 46.6. The number of carbonyl (C=O) groups is 2. The number of pyridine rings is 1. The molecule has 0 bridgehead atoms. The fourth-order valence-corrected chi connectivity index (χ4v) is 6.58. The smallest absolute Gasteiger partial charge is 0.243 e. The molecule has 0 saturated carbocycles. The summed E-state index contributed by atoms with van der Waals surface area (Å²) in [6.07, 6.45) is 6.92. The zero-order valence-corrected chi connectivity index (χ0v) is 24.6. The van der Waals surface area contributed by atoms with Crippen molar-refractivity contribution < 1.29 is 27.1 Å². The second-order valence-corrected chi connectivity index (χ2v) is 12.2. The number of methoxy groups -OCH3 is 1. The molecule has 0 radical (unpaired) electrons. The topological polar surface area (TPSA) is 126 Å². The minimum atomic E-state index is -3.99. The highest BCUT2D eigenvalue weighted by molar-refractivity contribution is 7.89. The van der Waals surface area contributed by atoms with Gasteiger partial charge in [0.15, 0.2) is 0 Å². The van der Waals surface area contributed by atoms with Crippen LogP contribution in [0, 0.1) is 5.82 Å². The number of aromatic nitrogens is 1. The Labute approximate surface area is 246 Å². The van der Waals surface area contributed by atoms with E-state index in [1.165, 1.54) is 30.7 Å². The Balaban J connectivity index is 1.40. The number of amides is 2. The van der Waals surface area contributed by atoms with Gasteiger partial charge in [-0.15, -0.1) is 0 Å². The molecule has 2 aromatic carbocycles. The minimum absolute atomic E-state index is 0.00132. The molecule has 3 aromatic rings. The molecular weight excluding hydrogens is 559 g/mol. The fourth-order valence-electron chi connectivity index (χ4n) is 5.43. The number of benzene rings is 2. The third kappa shape index (κ3) is 8.13. The van der Waals surface area contributed by atoms with Gasteiger partial charge in [0.25, 0.3) is 0 Å². The van der Waals surface area contributed by atoms with Gasteiger partial charge in [0.2, 0.25) is 21.8 Å². The second kappa shape index (κ2) is 14.4. The van der Waals surface area contributed by atoms with Crippen molar-refractivity contribution in [2.75, 3.05) is 13.7 Å². The molecule has 224 valence electrons. The molecule has 2 unspecified atom stereocenters. The van der Waals surface area contributed by atoms with Crippen LogP contribution in [0.1, 0.15) is 55.2 Å². The number of unbranched alkanes of at least 4 members (excludes halogenated alkanes) is 1. The molecule has 4 rings (SSSR count). The maximum Gasteiger partial charge on any atom is 0.243 e. The van der Waals surface area contributed by atoms with Gasteiger partial charge in [-0.05, 0) is 85.5 Å². The van der Waals surface area contributed by atoms with Crippen molar-refractivity contribution in [3.05, 3.63) is 89.5 Å². The van der Waals surface area contributed by atoms with Crippen LogP contribution in [0.15, 0.2) is 71.9 Å². The van der Waals surface area contributed by atoms with E-state index in [-0.39, 0.29) is 30.3 Å². The van der Waals surface area contributed by atoms with E-state index in [0.717, 1.165) is 35.8 Å². The van der Waals surface area contributed by atoms with E-state index in [4.69, 9.17) is 4.74 Å². The van der Waals surface area contributed by atoms with E-state index in [1.807, 2.05) is 30.5 Å². The molecule has 9 nitrogen and oxygen atoms in total. The van der Waals surface area contributed by atoms with Crippen LogP contribution >= 0.6 is 0 Å². The van der Waals surface area contributed by atoms with Gasteiger partial charge < -0.3 is 15.4 Å². The monoisotopic (exact) mass is 596 g/mol. The molecule has 2 amide bonds. The van der Waals surface area contributed by atoms with E-state index in [0.29, 0.717) is 25.7 Å². The number of hydrogen-bond donors (Lipinski definition) is 3. The average molecular weight is 597 g/mol. The molecule has 1 aliphatic carbocycles. The first-order valence-corrected chi connectivity index (χ1v) is 15.5. The largest absolute Gasteiger partial charge is 0.497 e. The number of nitrogens with one attached hydrogen (secondary N) is 3.